The quantitative estimate of drug-likeness (QED) is 0.785. The predicted molar refractivity (Wildman–Crippen MR) is 82.2 cm³/mol. The highest BCUT2D eigenvalue weighted by Crippen LogP contribution is 2.24. The Morgan fingerprint density at radius 2 is 2.14 bits per heavy atom. The fourth-order valence-electron chi connectivity index (χ4n) is 2.52. The molecule has 0 bridgehead atoms. The van der Waals surface area contributed by atoms with E-state index < -0.39 is 0 Å². The molecule has 4 rings (SSSR count). The molecule has 0 amide bonds. The van der Waals surface area contributed by atoms with Crippen LogP contribution in [0.25, 0.3) is 10.2 Å². The topological polar surface area (TPSA) is 67.8 Å². The lowest BCUT2D eigenvalue weighted by Crippen LogP contribution is -2.14. The van der Waals surface area contributed by atoms with Gasteiger partial charge in [-0.05, 0) is 31.0 Å². The average Bonchev–Trinajstić information content (AvgIpc) is 2.95. The number of hydrogen-bond donors (Lipinski definition) is 1. The molecule has 0 aliphatic heterocycles. The smallest absolute Gasteiger partial charge is 0.227 e. The largest absolute Gasteiger partial charge is 0.324 e. The molecule has 5 nitrogen and oxygen atoms in total. The van der Waals surface area contributed by atoms with Crippen LogP contribution in [0.4, 0.5) is 11.6 Å². The van der Waals surface area contributed by atoms with E-state index >= 15 is 0 Å². The summed E-state index contributed by atoms with van der Waals surface area (Å²) in [6.45, 7) is 0. The molecule has 2 aromatic heterocycles. The van der Waals surface area contributed by atoms with Gasteiger partial charge in [0, 0.05) is 18.3 Å². The summed E-state index contributed by atoms with van der Waals surface area (Å²) in [5, 5.41) is 3.18. The van der Waals surface area contributed by atoms with Crippen LogP contribution in [-0.4, -0.2) is 20.7 Å². The predicted octanol–water partition coefficient (Wildman–Crippen LogP) is 3.35. The molecule has 1 aromatic carbocycles. The zero-order chi connectivity index (χ0) is 14.2. The molecule has 0 saturated heterocycles. The third-order valence-corrected chi connectivity index (χ3v) is 4.38. The van der Waals surface area contributed by atoms with Gasteiger partial charge in [-0.3, -0.25) is 4.79 Å². The maximum Gasteiger partial charge on any atom is 0.227 e. The number of nitrogens with zero attached hydrogens (tertiary/aromatic N) is 3. The SMILES string of the molecule is O=C1CCCc2nc(Nc3ccc4scnc4c3)ncc21. The van der Waals surface area contributed by atoms with Gasteiger partial charge in [-0.15, -0.1) is 11.3 Å². The summed E-state index contributed by atoms with van der Waals surface area (Å²) in [4.78, 5) is 24.8. The Hall–Kier alpha value is -2.34. The van der Waals surface area contributed by atoms with E-state index in [1.807, 2.05) is 23.7 Å². The second-order valence-electron chi connectivity index (χ2n) is 4.99. The Bertz CT molecular complexity index is 843. The van der Waals surface area contributed by atoms with Crippen molar-refractivity contribution < 1.29 is 4.79 Å². The van der Waals surface area contributed by atoms with E-state index in [1.165, 1.54) is 0 Å². The molecule has 0 atom stereocenters. The molecule has 0 spiro atoms. The van der Waals surface area contributed by atoms with Gasteiger partial charge in [0.25, 0.3) is 0 Å². The van der Waals surface area contributed by atoms with Crippen LogP contribution < -0.4 is 5.32 Å². The lowest BCUT2D eigenvalue weighted by molar-refractivity contribution is 0.0971. The van der Waals surface area contributed by atoms with Crippen molar-refractivity contribution in [2.24, 2.45) is 0 Å². The van der Waals surface area contributed by atoms with Crippen molar-refractivity contribution in [3.05, 3.63) is 41.2 Å². The van der Waals surface area contributed by atoms with E-state index in [0.29, 0.717) is 17.9 Å². The molecular weight excluding hydrogens is 284 g/mol. The summed E-state index contributed by atoms with van der Waals surface area (Å²) in [7, 11) is 0. The minimum Gasteiger partial charge on any atom is -0.324 e. The number of anilines is 2. The Morgan fingerprint density at radius 1 is 1.19 bits per heavy atom. The lowest BCUT2D eigenvalue weighted by atomic mass is 9.96. The number of Topliss-reactive ketones (excluding diaryl/α,β-unsaturated/α-hetero) is 1. The van der Waals surface area contributed by atoms with E-state index in [4.69, 9.17) is 0 Å². The third kappa shape index (κ3) is 2.27. The van der Waals surface area contributed by atoms with Gasteiger partial charge in [-0.1, -0.05) is 0 Å². The van der Waals surface area contributed by atoms with E-state index in [9.17, 15) is 4.79 Å². The van der Waals surface area contributed by atoms with Crippen LogP contribution >= 0.6 is 11.3 Å². The van der Waals surface area contributed by atoms with Crippen LogP contribution in [0.15, 0.2) is 29.9 Å². The number of nitrogens with one attached hydrogen (secondary N) is 1. The van der Waals surface area contributed by atoms with Gasteiger partial charge in [-0.2, -0.15) is 0 Å². The highest BCUT2D eigenvalue weighted by atomic mass is 32.1. The number of benzene rings is 1. The summed E-state index contributed by atoms with van der Waals surface area (Å²) in [5.74, 6) is 0.671. The molecule has 1 N–H and O–H groups in total. The second kappa shape index (κ2) is 4.89. The van der Waals surface area contributed by atoms with E-state index in [2.05, 4.69) is 20.3 Å². The number of hydrogen-bond acceptors (Lipinski definition) is 6. The Morgan fingerprint density at radius 3 is 3.10 bits per heavy atom. The van der Waals surface area contributed by atoms with Crippen LogP contribution in [0.1, 0.15) is 28.9 Å². The highest BCUT2D eigenvalue weighted by Gasteiger charge is 2.19. The minimum atomic E-state index is 0.145. The van der Waals surface area contributed by atoms with Gasteiger partial charge >= 0.3 is 0 Å². The normalized spacial score (nSPS) is 14.2. The lowest BCUT2D eigenvalue weighted by Gasteiger charge is -2.14. The summed E-state index contributed by atoms with van der Waals surface area (Å²) in [6, 6.07) is 5.98. The molecule has 0 fully saturated rings. The first-order chi connectivity index (χ1) is 10.3. The van der Waals surface area contributed by atoms with Crippen molar-refractivity contribution in [1.29, 1.82) is 0 Å². The fraction of sp³-hybridized carbons (Fsp3) is 0.200. The summed E-state index contributed by atoms with van der Waals surface area (Å²) >= 11 is 1.61. The van der Waals surface area contributed by atoms with Crippen LogP contribution in [-0.2, 0) is 6.42 Å². The molecule has 2 heterocycles. The average molecular weight is 296 g/mol. The van der Waals surface area contributed by atoms with Crippen molar-refractivity contribution in [2.75, 3.05) is 5.32 Å². The number of thiazole rings is 1. The first-order valence-electron chi connectivity index (χ1n) is 6.79. The maximum absolute atomic E-state index is 11.8. The third-order valence-electron chi connectivity index (χ3n) is 3.57. The summed E-state index contributed by atoms with van der Waals surface area (Å²) in [5.41, 5.74) is 5.20. The molecule has 3 aromatic rings. The van der Waals surface area contributed by atoms with Crippen molar-refractivity contribution in [1.82, 2.24) is 15.0 Å². The van der Waals surface area contributed by atoms with Gasteiger partial charge in [-0.25, -0.2) is 15.0 Å². The number of rotatable bonds is 2. The summed E-state index contributed by atoms with van der Waals surface area (Å²) in [6.07, 6.45) is 3.94. The van der Waals surface area contributed by atoms with E-state index in [0.717, 1.165) is 34.4 Å². The van der Waals surface area contributed by atoms with Crippen molar-refractivity contribution >= 4 is 39.0 Å². The molecular formula is C15H12N4OS. The van der Waals surface area contributed by atoms with E-state index in [1.54, 1.807) is 17.5 Å². The van der Waals surface area contributed by atoms with Crippen molar-refractivity contribution in [3.8, 4) is 0 Å². The van der Waals surface area contributed by atoms with Crippen LogP contribution in [0, 0.1) is 0 Å². The zero-order valence-corrected chi connectivity index (χ0v) is 12.0. The number of aryl methyl sites for hydroxylation is 1. The number of ketones is 1. The van der Waals surface area contributed by atoms with Gasteiger partial charge in [0.05, 0.1) is 27.0 Å². The van der Waals surface area contributed by atoms with Crippen LogP contribution in [0.2, 0.25) is 0 Å². The number of carbonyl (C=O) groups excluding carboxylic acids is 1. The standard InChI is InChI=1S/C15H12N4OS/c20-13-3-1-2-11-10(13)7-16-15(19-11)18-9-4-5-14-12(6-9)17-8-21-14/h4-8H,1-3H2,(H,16,18,19). The number of aromatic nitrogens is 3. The molecule has 0 radical (unpaired) electrons. The Labute approximate surface area is 125 Å². The van der Waals surface area contributed by atoms with Crippen molar-refractivity contribution in [3.63, 3.8) is 0 Å². The second-order valence-corrected chi connectivity index (χ2v) is 5.88. The van der Waals surface area contributed by atoms with Crippen LogP contribution in [0.3, 0.4) is 0 Å². The number of fused-ring (bicyclic) bond motifs is 2. The minimum absolute atomic E-state index is 0.145. The highest BCUT2D eigenvalue weighted by molar-refractivity contribution is 7.16. The monoisotopic (exact) mass is 296 g/mol. The first-order valence-corrected chi connectivity index (χ1v) is 7.67. The van der Waals surface area contributed by atoms with Gasteiger partial charge in [0.1, 0.15) is 0 Å². The van der Waals surface area contributed by atoms with Gasteiger partial charge in [0.2, 0.25) is 5.95 Å². The molecule has 1 aliphatic rings. The Balaban J connectivity index is 1.66. The molecule has 21 heavy (non-hydrogen) atoms. The van der Waals surface area contributed by atoms with Crippen molar-refractivity contribution in [2.45, 2.75) is 19.3 Å². The number of carbonyl (C=O) groups is 1. The first kappa shape index (κ1) is 12.4. The van der Waals surface area contributed by atoms with E-state index in [-0.39, 0.29) is 5.78 Å². The summed E-state index contributed by atoms with van der Waals surface area (Å²) < 4.78 is 1.15. The molecule has 0 unspecified atom stereocenters. The fourth-order valence-corrected chi connectivity index (χ4v) is 3.18. The molecule has 1 aliphatic carbocycles. The maximum atomic E-state index is 11.8. The van der Waals surface area contributed by atoms with Gasteiger partial charge < -0.3 is 5.32 Å². The molecule has 0 saturated carbocycles. The Kier molecular flexibility index (Phi) is 2.89. The van der Waals surface area contributed by atoms with Gasteiger partial charge in [0.15, 0.2) is 5.78 Å². The molecule has 104 valence electrons. The van der Waals surface area contributed by atoms with Crippen LogP contribution in [0.5, 0.6) is 0 Å². The molecule has 6 heteroatoms. The zero-order valence-electron chi connectivity index (χ0n) is 11.2.